The summed E-state index contributed by atoms with van der Waals surface area (Å²) in [5.41, 5.74) is 14.0. The van der Waals surface area contributed by atoms with Gasteiger partial charge in [0.1, 0.15) is 19.8 Å². The van der Waals surface area contributed by atoms with Crippen LogP contribution in [0.4, 0.5) is 9.59 Å². The fourth-order valence-electron chi connectivity index (χ4n) is 1.55. The minimum Gasteiger partial charge on any atom is -0.447 e. The Bertz CT molecular complexity index is 519. The summed E-state index contributed by atoms with van der Waals surface area (Å²) in [5, 5.41) is 6.93. The summed E-state index contributed by atoms with van der Waals surface area (Å²) in [6.45, 7) is 0.237. The number of carbonyl (C=O) groups is 2. The molecule has 0 spiro atoms. The molecule has 2 aliphatic rings. The molecule has 2 fully saturated rings. The quantitative estimate of drug-likeness (QED) is 0.233. The molecule has 2 aliphatic heterocycles. The third kappa shape index (κ3) is 2.70. The van der Waals surface area contributed by atoms with Crippen LogP contribution in [0.25, 0.3) is 10.4 Å². The second kappa shape index (κ2) is 5.43. The van der Waals surface area contributed by atoms with Crippen LogP contribution in [-0.4, -0.2) is 53.4 Å². The number of hydrogen-bond donors (Lipinski definition) is 2. The van der Waals surface area contributed by atoms with Crippen LogP contribution < -0.4 is 10.7 Å². The molecule has 13 nitrogen and oxygen atoms in total. The van der Waals surface area contributed by atoms with Crippen molar-refractivity contribution in [2.75, 3.05) is 26.3 Å². The zero-order valence-corrected chi connectivity index (χ0v) is 11.0. The Hall–Kier alpha value is -2.20. The topological polar surface area (TPSA) is 166 Å². The van der Waals surface area contributed by atoms with Gasteiger partial charge in [0.2, 0.25) is 0 Å². The summed E-state index contributed by atoms with van der Waals surface area (Å²) in [5.74, 6) is 0. The SMILES string of the molecule is [N-]=[N+]=NN(N1CCOC1=O)P(N)(=O)NN1CCOC1=O. The fourth-order valence-corrected chi connectivity index (χ4v) is 2.79. The van der Waals surface area contributed by atoms with Crippen molar-refractivity contribution in [3.05, 3.63) is 10.4 Å². The van der Waals surface area contributed by atoms with Crippen LogP contribution >= 0.6 is 7.59 Å². The summed E-state index contributed by atoms with van der Waals surface area (Å²) in [6, 6.07) is 0. The highest BCUT2D eigenvalue weighted by Gasteiger charge is 2.44. The van der Waals surface area contributed by atoms with Crippen molar-refractivity contribution < 1.29 is 23.6 Å². The Morgan fingerprint density at radius 2 is 2.00 bits per heavy atom. The second-order valence-electron chi connectivity index (χ2n) is 3.67. The lowest BCUT2D eigenvalue weighted by Crippen LogP contribution is -2.47. The van der Waals surface area contributed by atoms with Crippen molar-refractivity contribution >= 4 is 19.8 Å². The van der Waals surface area contributed by atoms with E-state index >= 15 is 0 Å². The van der Waals surface area contributed by atoms with Crippen molar-refractivity contribution in [2.24, 2.45) is 10.7 Å². The minimum absolute atomic E-state index is 0.00513. The lowest BCUT2D eigenvalue weighted by Gasteiger charge is -2.27. The first-order valence-corrected chi connectivity index (χ1v) is 7.09. The Labute approximate surface area is 112 Å². The summed E-state index contributed by atoms with van der Waals surface area (Å²) in [4.78, 5) is 25.6. The van der Waals surface area contributed by atoms with E-state index in [1.54, 1.807) is 0 Å². The standard InChI is InChI=1S/C6H11N8O5P/c7-9-10-14(13-2-4-19-6(13)16)20(8,17)11-12-1-3-18-5(12)15/h1-4H2,(H3,8,11,17). The van der Waals surface area contributed by atoms with Crippen molar-refractivity contribution in [2.45, 2.75) is 0 Å². The minimum atomic E-state index is -4.08. The van der Waals surface area contributed by atoms with Crippen molar-refractivity contribution in [3.63, 3.8) is 0 Å². The van der Waals surface area contributed by atoms with Crippen LogP contribution in [0.1, 0.15) is 0 Å². The monoisotopic (exact) mass is 306 g/mol. The largest absolute Gasteiger partial charge is 0.447 e. The Morgan fingerprint density at radius 3 is 2.50 bits per heavy atom. The van der Waals surface area contributed by atoms with E-state index in [0.717, 1.165) is 10.0 Å². The molecule has 2 amide bonds. The number of nitrogens with one attached hydrogen (secondary N) is 1. The molecule has 14 heteroatoms. The fraction of sp³-hybridized carbons (Fsp3) is 0.667. The van der Waals surface area contributed by atoms with Crippen LogP contribution in [0.15, 0.2) is 5.22 Å². The van der Waals surface area contributed by atoms with Crippen molar-refractivity contribution in [3.8, 4) is 0 Å². The molecule has 110 valence electrons. The number of nitrogens with two attached hydrogens (primary N) is 1. The third-order valence-corrected chi connectivity index (χ3v) is 3.72. The molecule has 0 saturated carbocycles. The molecule has 0 radical (unpaired) electrons. The number of amides is 2. The summed E-state index contributed by atoms with van der Waals surface area (Å²) >= 11 is 0. The third-order valence-electron chi connectivity index (χ3n) is 2.37. The van der Waals surface area contributed by atoms with E-state index in [9.17, 15) is 14.2 Å². The van der Waals surface area contributed by atoms with Gasteiger partial charge in [-0.3, -0.25) is 0 Å². The van der Waals surface area contributed by atoms with E-state index in [4.69, 9.17) is 11.0 Å². The number of hydrazine groups is 2. The molecule has 2 heterocycles. The summed E-state index contributed by atoms with van der Waals surface area (Å²) < 4.78 is 21.6. The number of cyclic esters (lactones) is 2. The first kappa shape index (κ1) is 14.2. The molecule has 0 aliphatic carbocycles. The first-order chi connectivity index (χ1) is 9.45. The lowest BCUT2D eigenvalue weighted by molar-refractivity contribution is 0.0875. The molecule has 0 aromatic heterocycles. The highest BCUT2D eigenvalue weighted by Crippen LogP contribution is 2.40. The molecule has 0 bridgehead atoms. The number of hydrogen-bond acceptors (Lipinski definition) is 6. The number of azide groups is 1. The molecule has 2 rings (SSSR count). The van der Waals surface area contributed by atoms with Crippen molar-refractivity contribution in [1.29, 1.82) is 0 Å². The summed E-state index contributed by atoms with van der Waals surface area (Å²) in [7, 11) is -4.08. The van der Waals surface area contributed by atoms with Gasteiger partial charge in [-0.15, -0.1) is 15.7 Å². The molecule has 1 atom stereocenters. The predicted octanol–water partition coefficient (Wildman–Crippen LogP) is -0.0955. The van der Waals surface area contributed by atoms with E-state index in [2.05, 4.69) is 24.8 Å². The predicted molar refractivity (Wildman–Crippen MR) is 62.0 cm³/mol. The van der Waals surface area contributed by atoms with E-state index in [1.165, 1.54) is 0 Å². The highest BCUT2D eigenvalue weighted by atomic mass is 31.2. The van der Waals surface area contributed by atoms with E-state index in [1.807, 2.05) is 0 Å². The lowest BCUT2D eigenvalue weighted by atomic mass is 10.7. The maximum Gasteiger partial charge on any atom is 0.446 e. The maximum absolute atomic E-state index is 12.4. The smallest absolute Gasteiger partial charge is 0.446 e. The average Bonchev–Trinajstić information content (AvgIpc) is 2.96. The summed E-state index contributed by atoms with van der Waals surface area (Å²) in [6.07, 6.45) is -1.64. The van der Waals surface area contributed by atoms with E-state index in [-0.39, 0.29) is 26.3 Å². The molecule has 0 aromatic rings. The van der Waals surface area contributed by atoms with Gasteiger partial charge in [-0.25, -0.2) is 24.7 Å². The normalized spacial score (nSPS) is 21.1. The maximum atomic E-state index is 12.4. The first-order valence-electron chi connectivity index (χ1n) is 5.36. The van der Waals surface area contributed by atoms with Crippen LogP contribution in [0.2, 0.25) is 0 Å². The Balaban J connectivity index is 2.18. The molecule has 3 N–H and O–H groups in total. The number of nitrogens with zero attached hydrogens (tertiary/aromatic N) is 6. The van der Waals surface area contributed by atoms with Gasteiger partial charge in [-0.05, 0) is 0 Å². The van der Waals surface area contributed by atoms with Gasteiger partial charge < -0.3 is 9.47 Å². The number of rotatable bonds is 5. The molecule has 0 aromatic carbocycles. The van der Waals surface area contributed by atoms with E-state index in [0.29, 0.717) is 4.89 Å². The molecular formula is C6H11N8O5P. The molecule has 20 heavy (non-hydrogen) atoms. The van der Waals surface area contributed by atoms with Gasteiger partial charge in [-0.1, -0.05) is 4.89 Å². The Kier molecular flexibility index (Phi) is 3.86. The van der Waals surface area contributed by atoms with Crippen LogP contribution in [0, 0.1) is 0 Å². The van der Waals surface area contributed by atoms with Gasteiger partial charge in [-0.2, -0.15) is 4.91 Å². The number of carbonyl (C=O) groups excluding carboxylic acids is 2. The number of ether oxygens (including phenoxy) is 2. The van der Waals surface area contributed by atoms with Gasteiger partial charge in [0, 0.05) is 5.22 Å². The van der Waals surface area contributed by atoms with Gasteiger partial charge in [0.25, 0.3) is 0 Å². The van der Waals surface area contributed by atoms with Crippen LogP contribution in [0.5, 0.6) is 0 Å². The highest BCUT2D eigenvalue weighted by molar-refractivity contribution is 7.56. The van der Waals surface area contributed by atoms with Gasteiger partial charge in [0.05, 0.1) is 6.54 Å². The second-order valence-corrected chi connectivity index (χ2v) is 5.48. The zero-order chi connectivity index (χ0) is 14.8. The zero-order valence-electron chi connectivity index (χ0n) is 10.1. The van der Waals surface area contributed by atoms with Gasteiger partial charge >= 0.3 is 19.8 Å². The average molecular weight is 306 g/mol. The molecular weight excluding hydrogens is 295 g/mol. The molecule has 1 unspecified atom stereocenters. The van der Waals surface area contributed by atoms with Crippen LogP contribution in [-0.2, 0) is 14.0 Å². The molecule has 2 saturated heterocycles. The Morgan fingerprint density at radius 1 is 1.35 bits per heavy atom. The van der Waals surface area contributed by atoms with Crippen molar-refractivity contribution in [1.82, 2.24) is 20.1 Å². The van der Waals surface area contributed by atoms with Gasteiger partial charge in [0.15, 0.2) is 0 Å². The van der Waals surface area contributed by atoms with E-state index < -0.39 is 19.8 Å². The van der Waals surface area contributed by atoms with Crippen LogP contribution in [0.3, 0.4) is 0 Å².